The first-order valence-electron chi connectivity index (χ1n) is 6.89. The van der Waals surface area contributed by atoms with Crippen LogP contribution in [0, 0.1) is 13.8 Å². The van der Waals surface area contributed by atoms with Gasteiger partial charge in [0.15, 0.2) is 0 Å². The molecular weight excluding hydrogens is 272 g/mol. The minimum Gasteiger partial charge on any atom is -0.379 e. The van der Waals surface area contributed by atoms with E-state index in [0.29, 0.717) is 10.7 Å². The van der Waals surface area contributed by atoms with E-state index in [9.17, 15) is 5.11 Å². The van der Waals surface area contributed by atoms with Crippen LogP contribution in [0.25, 0.3) is 0 Å². The lowest BCUT2D eigenvalue weighted by Gasteiger charge is -2.27. The molecule has 2 aromatic rings. The molecular formula is C16H21ClN2O. The summed E-state index contributed by atoms with van der Waals surface area (Å²) in [7, 11) is 0. The number of hydrogen-bond acceptors (Lipinski definition) is 2. The lowest BCUT2D eigenvalue weighted by molar-refractivity contribution is 0.0908. The second-order valence-electron chi connectivity index (χ2n) is 5.45. The molecule has 0 bridgehead atoms. The number of aromatic nitrogens is 2. The number of aryl methyl sites for hydroxylation is 3. The molecule has 0 aliphatic carbocycles. The molecule has 0 aliphatic rings. The van der Waals surface area contributed by atoms with Crippen molar-refractivity contribution in [3.8, 4) is 0 Å². The fraction of sp³-hybridized carbons (Fsp3) is 0.438. The van der Waals surface area contributed by atoms with Gasteiger partial charge >= 0.3 is 0 Å². The van der Waals surface area contributed by atoms with E-state index in [2.05, 4.69) is 12.0 Å². The van der Waals surface area contributed by atoms with Crippen LogP contribution >= 0.6 is 11.6 Å². The summed E-state index contributed by atoms with van der Waals surface area (Å²) in [5, 5.41) is 15.9. The van der Waals surface area contributed by atoms with Gasteiger partial charge in [0.25, 0.3) is 0 Å². The van der Waals surface area contributed by atoms with Crippen molar-refractivity contribution in [2.45, 2.75) is 46.3 Å². The van der Waals surface area contributed by atoms with E-state index in [4.69, 9.17) is 11.6 Å². The van der Waals surface area contributed by atoms with E-state index in [1.54, 1.807) is 17.8 Å². The third-order valence-corrected chi connectivity index (χ3v) is 3.89. The maximum Gasteiger partial charge on any atom is 0.130 e. The predicted molar refractivity (Wildman–Crippen MR) is 82.1 cm³/mol. The summed E-state index contributed by atoms with van der Waals surface area (Å²) in [4.78, 5) is 0. The Hall–Kier alpha value is -1.32. The van der Waals surface area contributed by atoms with Crippen molar-refractivity contribution in [3.05, 3.63) is 51.8 Å². The molecule has 0 amide bonds. The molecule has 1 aromatic heterocycles. The molecule has 0 saturated heterocycles. The molecule has 2 rings (SSSR count). The molecule has 0 aliphatic heterocycles. The Balaban J connectivity index is 2.60. The smallest absolute Gasteiger partial charge is 0.130 e. The molecule has 3 nitrogen and oxygen atoms in total. The highest BCUT2D eigenvalue weighted by Gasteiger charge is 2.33. The Kier molecular flexibility index (Phi) is 4.21. The highest BCUT2D eigenvalue weighted by molar-refractivity contribution is 6.31. The van der Waals surface area contributed by atoms with Gasteiger partial charge in [0.2, 0.25) is 0 Å². The van der Waals surface area contributed by atoms with Gasteiger partial charge in [-0.2, -0.15) is 5.10 Å². The maximum atomic E-state index is 11.1. The van der Waals surface area contributed by atoms with Crippen molar-refractivity contribution in [3.63, 3.8) is 0 Å². The zero-order valence-electron chi connectivity index (χ0n) is 12.4. The number of hydrogen-bond donors (Lipinski definition) is 1. The van der Waals surface area contributed by atoms with Crippen LogP contribution in [0.1, 0.15) is 42.7 Å². The van der Waals surface area contributed by atoms with E-state index >= 15 is 0 Å². The fourth-order valence-corrected chi connectivity index (χ4v) is 2.94. The minimum absolute atomic E-state index is 0.504. The first kappa shape index (κ1) is 15.1. The van der Waals surface area contributed by atoms with Crippen molar-refractivity contribution in [1.29, 1.82) is 0 Å². The van der Waals surface area contributed by atoms with Crippen LogP contribution in [0.4, 0.5) is 0 Å². The van der Waals surface area contributed by atoms with Crippen molar-refractivity contribution in [2.75, 3.05) is 0 Å². The summed E-state index contributed by atoms with van der Waals surface area (Å²) < 4.78 is 1.80. The molecule has 0 fully saturated rings. The van der Waals surface area contributed by atoms with E-state index in [1.807, 2.05) is 32.0 Å². The van der Waals surface area contributed by atoms with Crippen LogP contribution in [-0.4, -0.2) is 14.9 Å². The number of rotatable bonds is 4. The summed E-state index contributed by atoms with van der Waals surface area (Å²) >= 11 is 6.26. The molecule has 0 spiro atoms. The van der Waals surface area contributed by atoms with Crippen LogP contribution < -0.4 is 0 Å². The van der Waals surface area contributed by atoms with E-state index in [1.165, 1.54) is 0 Å². The molecule has 1 N–H and O–H groups in total. The topological polar surface area (TPSA) is 38.0 Å². The average molecular weight is 293 g/mol. The molecule has 108 valence electrons. The van der Waals surface area contributed by atoms with Gasteiger partial charge in [-0.3, -0.25) is 4.68 Å². The predicted octanol–water partition coefficient (Wildman–Crippen LogP) is 3.82. The molecule has 0 radical (unpaired) electrons. The Morgan fingerprint density at radius 1 is 1.35 bits per heavy atom. The van der Waals surface area contributed by atoms with Gasteiger partial charge in [-0.1, -0.05) is 42.3 Å². The Morgan fingerprint density at radius 2 is 2.05 bits per heavy atom. The summed E-state index contributed by atoms with van der Waals surface area (Å²) in [6, 6.07) is 6.07. The lowest BCUT2D eigenvalue weighted by atomic mass is 9.88. The average Bonchev–Trinajstić information content (AvgIpc) is 2.74. The Labute approximate surface area is 125 Å². The van der Waals surface area contributed by atoms with E-state index in [-0.39, 0.29) is 0 Å². The summed E-state index contributed by atoms with van der Waals surface area (Å²) in [6.07, 6.45) is 2.54. The van der Waals surface area contributed by atoms with Gasteiger partial charge in [0.1, 0.15) is 5.60 Å². The Bertz CT molecular complexity index is 617. The van der Waals surface area contributed by atoms with Gasteiger partial charge in [-0.05, 0) is 38.3 Å². The molecule has 4 heteroatoms. The molecule has 1 unspecified atom stereocenters. The quantitative estimate of drug-likeness (QED) is 0.930. The van der Waals surface area contributed by atoms with Gasteiger partial charge in [-0.25, -0.2) is 0 Å². The minimum atomic E-state index is -1.15. The fourth-order valence-electron chi connectivity index (χ4n) is 2.62. The SMILES string of the molecule is CCCn1ncc(Cl)c1C(C)(O)c1cc(C)ccc1C. The van der Waals surface area contributed by atoms with Crippen LogP contribution in [0.5, 0.6) is 0 Å². The molecule has 0 saturated carbocycles. The van der Waals surface area contributed by atoms with E-state index < -0.39 is 5.60 Å². The normalized spacial score (nSPS) is 14.3. The van der Waals surface area contributed by atoms with Gasteiger partial charge in [0, 0.05) is 6.54 Å². The van der Waals surface area contributed by atoms with Gasteiger partial charge < -0.3 is 5.11 Å². The zero-order chi connectivity index (χ0) is 14.9. The number of nitrogens with zero attached hydrogens (tertiary/aromatic N) is 2. The van der Waals surface area contributed by atoms with Crippen molar-refractivity contribution in [1.82, 2.24) is 9.78 Å². The second kappa shape index (κ2) is 5.58. The standard InChI is InChI=1S/C16H21ClN2O/c1-5-8-19-15(14(17)10-18-19)16(4,20)13-9-11(2)6-7-12(13)3/h6-7,9-10,20H,5,8H2,1-4H3. The summed E-state index contributed by atoms with van der Waals surface area (Å²) in [5.74, 6) is 0. The Morgan fingerprint density at radius 3 is 2.70 bits per heavy atom. The van der Waals surface area contributed by atoms with E-state index in [0.717, 1.165) is 29.7 Å². The van der Waals surface area contributed by atoms with Crippen LogP contribution in [0.15, 0.2) is 24.4 Å². The highest BCUT2D eigenvalue weighted by atomic mass is 35.5. The first-order valence-corrected chi connectivity index (χ1v) is 7.27. The third-order valence-electron chi connectivity index (χ3n) is 3.61. The first-order chi connectivity index (χ1) is 9.37. The molecule has 20 heavy (non-hydrogen) atoms. The summed E-state index contributed by atoms with van der Waals surface area (Å²) in [6.45, 7) is 8.61. The van der Waals surface area contributed by atoms with Crippen molar-refractivity contribution < 1.29 is 5.11 Å². The lowest BCUT2D eigenvalue weighted by Crippen LogP contribution is -2.28. The van der Waals surface area contributed by atoms with Gasteiger partial charge in [0.05, 0.1) is 16.9 Å². The van der Waals surface area contributed by atoms with Crippen molar-refractivity contribution in [2.24, 2.45) is 0 Å². The van der Waals surface area contributed by atoms with Gasteiger partial charge in [-0.15, -0.1) is 0 Å². The third kappa shape index (κ3) is 2.60. The number of aliphatic hydroxyl groups is 1. The molecule has 1 aromatic carbocycles. The van der Waals surface area contributed by atoms with Crippen LogP contribution in [-0.2, 0) is 12.1 Å². The van der Waals surface area contributed by atoms with Crippen LogP contribution in [0.3, 0.4) is 0 Å². The second-order valence-corrected chi connectivity index (χ2v) is 5.86. The maximum absolute atomic E-state index is 11.1. The highest BCUT2D eigenvalue weighted by Crippen LogP contribution is 2.36. The van der Waals surface area contributed by atoms with Crippen LogP contribution in [0.2, 0.25) is 5.02 Å². The monoisotopic (exact) mass is 292 g/mol. The summed E-state index contributed by atoms with van der Waals surface area (Å²) in [5.41, 5.74) is 2.54. The molecule has 1 heterocycles. The van der Waals surface area contributed by atoms with Crippen molar-refractivity contribution >= 4 is 11.6 Å². The molecule has 1 atom stereocenters. The number of halogens is 1. The number of benzene rings is 1. The zero-order valence-corrected chi connectivity index (χ0v) is 13.2. The largest absolute Gasteiger partial charge is 0.379 e.